The summed E-state index contributed by atoms with van der Waals surface area (Å²) in [6.07, 6.45) is 0. The molecule has 0 spiro atoms. The van der Waals surface area contributed by atoms with E-state index in [0.717, 1.165) is 22.5 Å². The number of para-hydroxylation sites is 1. The molecule has 3 nitrogen and oxygen atoms in total. The third kappa shape index (κ3) is 2.38. The van der Waals surface area contributed by atoms with Crippen molar-refractivity contribution in [1.82, 2.24) is 4.57 Å². The van der Waals surface area contributed by atoms with E-state index in [0.29, 0.717) is 17.3 Å². The topological polar surface area (TPSA) is 31.2 Å². The van der Waals surface area contributed by atoms with Crippen LogP contribution < -0.4 is 0 Å². The maximum absolute atomic E-state index is 12.6. The van der Waals surface area contributed by atoms with E-state index in [1.165, 1.54) is 5.56 Å². The van der Waals surface area contributed by atoms with E-state index in [1.54, 1.807) is 0 Å². The van der Waals surface area contributed by atoms with Crippen LogP contribution in [-0.2, 0) is 4.74 Å². The lowest BCUT2D eigenvalue weighted by molar-refractivity contribution is 0.0517. The fourth-order valence-corrected chi connectivity index (χ4v) is 3.90. The van der Waals surface area contributed by atoms with E-state index in [9.17, 15) is 4.79 Å². The Morgan fingerprint density at radius 3 is 2.60 bits per heavy atom. The smallest absolute Gasteiger partial charge is 0.355 e. The van der Waals surface area contributed by atoms with Crippen LogP contribution in [0, 0.1) is 0 Å². The molecule has 25 heavy (non-hydrogen) atoms. The van der Waals surface area contributed by atoms with E-state index in [-0.39, 0.29) is 11.9 Å². The monoisotopic (exact) mass is 351 g/mol. The van der Waals surface area contributed by atoms with Crippen LogP contribution in [0.4, 0.5) is 0 Å². The summed E-state index contributed by atoms with van der Waals surface area (Å²) in [4.78, 5) is 12.6. The van der Waals surface area contributed by atoms with Gasteiger partial charge in [0.2, 0.25) is 0 Å². The van der Waals surface area contributed by atoms with Gasteiger partial charge in [-0.15, -0.1) is 0 Å². The van der Waals surface area contributed by atoms with Gasteiger partial charge >= 0.3 is 5.97 Å². The van der Waals surface area contributed by atoms with Crippen LogP contribution in [0.2, 0.25) is 5.02 Å². The van der Waals surface area contributed by atoms with Crippen molar-refractivity contribution in [3.8, 4) is 16.8 Å². The predicted octanol–water partition coefficient (Wildman–Crippen LogP) is 5.44. The van der Waals surface area contributed by atoms with Gasteiger partial charge in [0.05, 0.1) is 6.61 Å². The maximum Gasteiger partial charge on any atom is 0.355 e. The van der Waals surface area contributed by atoms with Gasteiger partial charge in [0.1, 0.15) is 5.69 Å². The lowest BCUT2D eigenvalue weighted by atomic mass is 9.94. The summed E-state index contributed by atoms with van der Waals surface area (Å²) in [6.45, 7) is 4.32. The second-order valence-electron chi connectivity index (χ2n) is 6.14. The number of hydrogen-bond acceptors (Lipinski definition) is 2. The van der Waals surface area contributed by atoms with Gasteiger partial charge in [-0.3, -0.25) is 0 Å². The fourth-order valence-electron chi connectivity index (χ4n) is 3.67. The molecule has 1 aliphatic heterocycles. The van der Waals surface area contributed by atoms with Crippen LogP contribution in [0.15, 0.2) is 54.6 Å². The Labute approximate surface area is 151 Å². The second kappa shape index (κ2) is 6.08. The molecule has 1 atom stereocenters. The molecule has 0 saturated heterocycles. The Bertz CT molecular complexity index is 974. The first-order chi connectivity index (χ1) is 12.1. The van der Waals surface area contributed by atoms with E-state index in [1.807, 2.05) is 60.0 Å². The molecule has 0 fully saturated rings. The van der Waals surface area contributed by atoms with Gasteiger partial charge < -0.3 is 9.30 Å². The Hall–Kier alpha value is -2.52. The van der Waals surface area contributed by atoms with E-state index in [4.69, 9.17) is 16.3 Å². The second-order valence-corrected chi connectivity index (χ2v) is 6.55. The average molecular weight is 352 g/mol. The van der Waals surface area contributed by atoms with Crippen LogP contribution in [0.5, 0.6) is 0 Å². The molecule has 3 aromatic rings. The lowest BCUT2D eigenvalue weighted by Crippen LogP contribution is -2.10. The van der Waals surface area contributed by atoms with Crippen molar-refractivity contribution in [2.24, 2.45) is 0 Å². The summed E-state index contributed by atoms with van der Waals surface area (Å²) < 4.78 is 7.31. The number of carbonyl (C=O) groups is 1. The van der Waals surface area contributed by atoms with Crippen molar-refractivity contribution >= 4 is 17.6 Å². The van der Waals surface area contributed by atoms with Crippen molar-refractivity contribution in [2.75, 3.05) is 6.61 Å². The zero-order valence-electron chi connectivity index (χ0n) is 14.1. The van der Waals surface area contributed by atoms with Crippen molar-refractivity contribution in [2.45, 2.75) is 19.8 Å². The maximum atomic E-state index is 12.6. The number of fused-ring (bicyclic) bond motifs is 3. The highest BCUT2D eigenvalue weighted by atomic mass is 35.5. The molecular formula is C21H18ClNO2. The molecule has 1 aliphatic rings. The minimum Gasteiger partial charge on any atom is -0.461 e. The van der Waals surface area contributed by atoms with E-state index >= 15 is 0 Å². The fraction of sp³-hybridized carbons (Fsp3) is 0.190. The molecule has 1 unspecified atom stereocenters. The molecule has 0 N–H and O–H groups in total. The lowest BCUT2D eigenvalue weighted by Gasteiger charge is -2.09. The first-order valence-electron chi connectivity index (χ1n) is 8.40. The third-order valence-corrected chi connectivity index (χ3v) is 5.07. The summed E-state index contributed by atoms with van der Waals surface area (Å²) >= 11 is 6.44. The molecule has 126 valence electrons. The van der Waals surface area contributed by atoms with Gasteiger partial charge in [-0.2, -0.15) is 0 Å². The zero-order chi connectivity index (χ0) is 17.6. The number of esters is 1. The summed E-state index contributed by atoms with van der Waals surface area (Å²) in [6, 6.07) is 17.8. The first-order valence-corrected chi connectivity index (χ1v) is 8.78. The van der Waals surface area contributed by atoms with Crippen LogP contribution in [0.25, 0.3) is 16.8 Å². The standard InChI is InChI=1S/C21H18ClNO2/c1-3-25-21(24)19-12-16(15-9-4-6-10-17(15)22)20-13(2)14-8-5-7-11-18(14)23(19)20/h4-13H,3H2,1-2H3. The highest BCUT2D eigenvalue weighted by molar-refractivity contribution is 6.33. The quantitative estimate of drug-likeness (QED) is 0.588. The highest BCUT2D eigenvalue weighted by Gasteiger charge is 2.33. The summed E-state index contributed by atoms with van der Waals surface area (Å²) in [5.74, 6) is -0.142. The largest absolute Gasteiger partial charge is 0.461 e. The summed E-state index contributed by atoms with van der Waals surface area (Å²) in [5, 5.41) is 0.675. The van der Waals surface area contributed by atoms with Crippen LogP contribution in [-0.4, -0.2) is 17.1 Å². The number of halogens is 1. The molecule has 4 rings (SSSR count). The van der Waals surface area contributed by atoms with Gasteiger partial charge in [0.25, 0.3) is 0 Å². The number of aromatic nitrogens is 1. The van der Waals surface area contributed by atoms with Gasteiger partial charge in [-0.25, -0.2) is 4.79 Å². The molecule has 4 heteroatoms. The van der Waals surface area contributed by atoms with Crippen molar-refractivity contribution < 1.29 is 9.53 Å². The molecule has 2 aromatic carbocycles. The first kappa shape index (κ1) is 16.0. The van der Waals surface area contributed by atoms with E-state index < -0.39 is 0 Å². The molecule has 1 aromatic heterocycles. The van der Waals surface area contributed by atoms with Gasteiger partial charge in [0.15, 0.2) is 0 Å². The number of rotatable bonds is 3. The Balaban J connectivity index is 2.01. The number of hydrogen-bond donors (Lipinski definition) is 0. The average Bonchev–Trinajstić information content (AvgIpc) is 3.14. The Kier molecular flexibility index (Phi) is 3.89. The number of benzene rings is 2. The number of nitrogens with zero attached hydrogens (tertiary/aromatic N) is 1. The van der Waals surface area contributed by atoms with Crippen molar-refractivity contribution in [3.63, 3.8) is 0 Å². The van der Waals surface area contributed by atoms with Crippen molar-refractivity contribution in [3.05, 3.63) is 76.6 Å². The third-order valence-electron chi connectivity index (χ3n) is 4.74. The molecular weight excluding hydrogens is 334 g/mol. The normalized spacial score (nSPS) is 14.9. The molecule has 2 heterocycles. The van der Waals surface area contributed by atoms with Crippen molar-refractivity contribution in [1.29, 1.82) is 0 Å². The molecule has 0 amide bonds. The number of carbonyl (C=O) groups excluding carboxylic acids is 1. The van der Waals surface area contributed by atoms with Crippen LogP contribution >= 0.6 is 11.6 Å². The van der Waals surface area contributed by atoms with Crippen LogP contribution in [0.1, 0.15) is 41.5 Å². The van der Waals surface area contributed by atoms with Gasteiger partial charge in [-0.05, 0) is 30.7 Å². The van der Waals surface area contributed by atoms with Gasteiger partial charge in [-0.1, -0.05) is 54.9 Å². The summed E-state index contributed by atoms with van der Waals surface area (Å²) in [7, 11) is 0. The Morgan fingerprint density at radius 1 is 1.12 bits per heavy atom. The molecule has 0 radical (unpaired) electrons. The minimum absolute atomic E-state index is 0.172. The van der Waals surface area contributed by atoms with E-state index in [2.05, 4.69) is 13.0 Å². The minimum atomic E-state index is -0.314. The zero-order valence-corrected chi connectivity index (χ0v) is 14.9. The van der Waals surface area contributed by atoms with Gasteiger partial charge in [0, 0.05) is 33.4 Å². The van der Waals surface area contributed by atoms with Crippen LogP contribution in [0.3, 0.4) is 0 Å². The SMILES string of the molecule is CCOC(=O)c1cc(-c2ccccc2Cl)c2n1-c1ccccc1C2C. The number of ether oxygens (including phenoxy) is 1. The summed E-state index contributed by atoms with van der Waals surface area (Å²) in [5.41, 5.74) is 5.78. The molecule has 0 saturated carbocycles. The highest BCUT2D eigenvalue weighted by Crippen LogP contribution is 2.46. The molecule has 0 bridgehead atoms. The molecule has 0 aliphatic carbocycles. The Morgan fingerprint density at radius 2 is 1.84 bits per heavy atom. The predicted molar refractivity (Wildman–Crippen MR) is 99.7 cm³/mol.